The molecule has 2 aromatic carbocycles. The molecule has 3 aromatic rings. The summed E-state index contributed by atoms with van der Waals surface area (Å²) in [5, 5.41) is 8.11. The molecule has 4 rings (SSSR count). The zero-order chi connectivity index (χ0) is 24.2. The second-order valence-electron chi connectivity index (χ2n) is 7.52. The number of aliphatic hydroxyl groups is 1. The van der Waals surface area contributed by atoms with Gasteiger partial charge >= 0.3 is 0 Å². The van der Waals surface area contributed by atoms with Crippen molar-refractivity contribution in [3.63, 3.8) is 0 Å². The monoisotopic (exact) mass is 459 g/mol. The van der Waals surface area contributed by atoms with Gasteiger partial charge in [0.05, 0.1) is 11.2 Å². The molecule has 0 spiro atoms. The molecule has 1 aliphatic carbocycles. The number of pyridine rings is 1. The second-order valence-corrected chi connectivity index (χ2v) is 7.52. The average molecular weight is 460 g/mol. The normalized spacial score (nSPS) is 12.9. The Morgan fingerprint density at radius 3 is 2.50 bits per heavy atom. The minimum Gasteiger partial charge on any atom is -0.490 e. The fraction of sp³-hybridized carbons (Fsp3) is 0.214. The van der Waals surface area contributed by atoms with Crippen LogP contribution < -0.4 is 9.47 Å². The van der Waals surface area contributed by atoms with Crippen LogP contribution in [0.1, 0.15) is 19.0 Å². The van der Waals surface area contributed by atoms with E-state index in [9.17, 15) is 4.79 Å². The summed E-state index contributed by atoms with van der Waals surface area (Å²) in [4.78, 5) is 15.4. The average Bonchev–Trinajstić information content (AvgIpc) is 3.06. The number of fused-ring (bicyclic) bond motifs is 1. The van der Waals surface area contributed by atoms with E-state index >= 15 is 0 Å². The van der Waals surface area contributed by atoms with Gasteiger partial charge in [-0.05, 0) is 31.2 Å². The smallest absolute Gasteiger partial charge is 0.157 e. The largest absolute Gasteiger partial charge is 0.490 e. The number of benzene rings is 2. The fourth-order valence-corrected chi connectivity index (χ4v) is 3.41. The first kappa shape index (κ1) is 24.7. The number of aldehydes is 1. The van der Waals surface area contributed by atoms with Gasteiger partial charge in [0.15, 0.2) is 6.29 Å². The van der Waals surface area contributed by atoms with E-state index in [4.69, 9.17) is 19.3 Å². The first-order valence-electron chi connectivity index (χ1n) is 11.0. The van der Waals surface area contributed by atoms with Crippen LogP contribution in [0.3, 0.4) is 0 Å². The number of hydrogen-bond donors (Lipinski definition) is 1. The molecule has 176 valence electrons. The molecule has 1 heterocycles. The van der Waals surface area contributed by atoms with Gasteiger partial charge in [0.25, 0.3) is 0 Å². The molecule has 0 saturated heterocycles. The van der Waals surface area contributed by atoms with Crippen LogP contribution in [0.2, 0.25) is 0 Å². The molecule has 1 N–H and O–H groups in total. The van der Waals surface area contributed by atoms with Crippen LogP contribution in [0, 0.1) is 0 Å². The van der Waals surface area contributed by atoms with E-state index < -0.39 is 0 Å². The van der Waals surface area contributed by atoms with Crippen molar-refractivity contribution in [3.8, 4) is 11.5 Å². The Hall–Kier alpha value is -3.90. The first-order valence-corrected chi connectivity index (χ1v) is 11.0. The topological polar surface area (TPSA) is 77.9 Å². The lowest BCUT2D eigenvalue weighted by molar-refractivity contribution is -0.110. The van der Waals surface area contributed by atoms with Crippen molar-refractivity contribution in [1.82, 2.24) is 4.98 Å². The first-order chi connectivity index (χ1) is 16.7. The molecule has 0 bridgehead atoms. The Kier molecular flexibility index (Phi) is 9.43. The van der Waals surface area contributed by atoms with Crippen LogP contribution in [0.15, 0.2) is 95.8 Å². The number of hydrogen-bond acceptors (Lipinski definition) is 6. The Bertz CT molecular complexity index is 1200. The number of aliphatic hydroxyl groups excluding tert-OH is 1. The molecule has 0 fully saturated rings. The summed E-state index contributed by atoms with van der Waals surface area (Å²) >= 11 is 0. The SMILES string of the molecule is CC1=CC=CC(COc2cccc(OCc3ccc4ccccc4n3)c2)=C(OCC=O)C1.CO. The predicted octanol–water partition coefficient (Wildman–Crippen LogP) is 5.18. The van der Waals surface area contributed by atoms with E-state index in [0.29, 0.717) is 31.1 Å². The second kappa shape index (κ2) is 13.0. The van der Waals surface area contributed by atoms with Crippen molar-refractivity contribution in [2.45, 2.75) is 20.0 Å². The maximum Gasteiger partial charge on any atom is 0.157 e. The van der Waals surface area contributed by atoms with Gasteiger partial charge in [-0.2, -0.15) is 0 Å². The number of nitrogens with zero attached hydrogens (tertiary/aromatic N) is 1. The highest BCUT2D eigenvalue weighted by atomic mass is 16.5. The fourth-order valence-electron chi connectivity index (χ4n) is 3.41. The lowest BCUT2D eigenvalue weighted by Gasteiger charge is -2.14. The Balaban J connectivity index is 0.00000158. The van der Waals surface area contributed by atoms with Crippen LogP contribution in [0.5, 0.6) is 11.5 Å². The van der Waals surface area contributed by atoms with E-state index in [1.54, 1.807) is 0 Å². The summed E-state index contributed by atoms with van der Waals surface area (Å²) in [7, 11) is 1.00. The van der Waals surface area contributed by atoms with Crippen LogP contribution in [-0.2, 0) is 16.1 Å². The van der Waals surface area contributed by atoms with Crippen molar-refractivity contribution in [2.75, 3.05) is 20.3 Å². The van der Waals surface area contributed by atoms with Gasteiger partial charge in [-0.25, -0.2) is 4.98 Å². The number of rotatable bonds is 9. The van der Waals surface area contributed by atoms with Gasteiger partial charge in [-0.3, -0.25) is 4.79 Å². The lowest BCUT2D eigenvalue weighted by Crippen LogP contribution is -2.07. The van der Waals surface area contributed by atoms with Crippen LogP contribution in [0.4, 0.5) is 0 Å². The zero-order valence-corrected chi connectivity index (χ0v) is 19.4. The van der Waals surface area contributed by atoms with E-state index in [-0.39, 0.29) is 6.61 Å². The molecule has 6 heteroatoms. The van der Waals surface area contributed by atoms with Gasteiger partial charge in [0, 0.05) is 30.6 Å². The van der Waals surface area contributed by atoms with E-state index in [2.05, 4.69) is 11.1 Å². The molecule has 1 aromatic heterocycles. The molecular formula is C28H29NO5. The summed E-state index contributed by atoms with van der Waals surface area (Å²) in [5.41, 5.74) is 3.89. The molecule has 0 atom stereocenters. The van der Waals surface area contributed by atoms with E-state index in [0.717, 1.165) is 46.9 Å². The van der Waals surface area contributed by atoms with Crippen LogP contribution >= 0.6 is 0 Å². The van der Waals surface area contributed by atoms with Gasteiger partial charge in [-0.15, -0.1) is 0 Å². The molecular weight excluding hydrogens is 430 g/mol. The zero-order valence-electron chi connectivity index (χ0n) is 19.4. The number of allylic oxidation sites excluding steroid dienone is 3. The third kappa shape index (κ3) is 7.05. The molecule has 1 aliphatic rings. The highest BCUT2D eigenvalue weighted by Crippen LogP contribution is 2.24. The minimum atomic E-state index is 0.0338. The van der Waals surface area contributed by atoms with Crippen molar-refractivity contribution >= 4 is 17.2 Å². The maximum absolute atomic E-state index is 10.7. The van der Waals surface area contributed by atoms with Crippen LogP contribution in [-0.4, -0.2) is 36.7 Å². The quantitative estimate of drug-likeness (QED) is 0.445. The van der Waals surface area contributed by atoms with Gasteiger partial charge < -0.3 is 19.3 Å². The van der Waals surface area contributed by atoms with Crippen molar-refractivity contribution < 1.29 is 24.1 Å². The summed E-state index contributed by atoms with van der Waals surface area (Å²) in [6, 6.07) is 19.6. The molecule has 0 amide bonds. The standard InChI is InChI=1S/C27H25NO4.CH4O/c1-20-6-4-8-22(27(16-20)30-15-14-29)18-31-24-9-5-10-25(17-24)32-19-23-13-12-21-7-2-3-11-26(21)28-23;1-2/h2-14,17H,15-16,18-19H2,1H3;2H,1H3. The summed E-state index contributed by atoms with van der Waals surface area (Å²) in [6.45, 7) is 2.77. The third-order valence-electron chi connectivity index (χ3n) is 5.04. The molecule has 0 saturated carbocycles. The minimum absolute atomic E-state index is 0.0338. The number of aromatic nitrogens is 1. The summed E-state index contributed by atoms with van der Waals surface area (Å²) in [6.07, 6.45) is 7.38. The molecule has 6 nitrogen and oxygen atoms in total. The number of ether oxygens (including phenoxy) is 3. The summed E-state index contributed by atoms with van der Waals surface area (Å²) < 4.78 is 17.6. The Labute approximate surface area is 199 Å². The number of carbonyl (C=O) groups excluding carboxylic acids is 1. The van der Waals surface area contributed by atoms with Gasteiger partial charge in [-0.1, -0.05) is 54.1 Å². The molecule has 34 heavy (non-hydrogen) atoms. The number of carbonyl (C=O) groups is 1. The van der Waals surface area contributed by atoms with E-state index in [1.807, 2.05) is 79.7 Å². The highest BCUT2D eigenvalue weighted by molar-refractivity contribution is 5.78. The number of para-hydroxylation sites is 1. The molecule has 0 aliphatic heterocycles. The summed E-state index contributed by atoms with van der Waals surface area (Å²) in [5.74, 6) is 2.16. The maximum atomic E-state index is 10.7. The molecule has 0 radical (unpaired) electrons. The lowest BCUT2D eigenvalue weighted by atomic mass is 10.1. The van der Waals surface area contributed by atoms with Crippen LogP contribution in [0.25, 0.3) is 10.9 Å². The van der Waals surface area contributed by atoms with Crippen molar-refractivity contribution in [2.24, 2.45) is 0 Å². The highest BCUT2D eigenvalue weighted by Gasteiger charge is 2.11. The molecule has 0 unspecified atom stereocenters. The Morgan fingerprint density at radius 1 is 0.941 bits per heavy atom. The van der Waals surface area contributed by atoms with Gasteiger partial charge in [0.2, 0.25) is 0 Å². The van der Waals surface area contributed by atoms with Crippen molar-refractivity contribution in [1.29, 1.82) is 0 Å². The Morgan fingerprint density at radius 2 is 1.71 bits per heavy atom. The predicted molar refractivity (Wildman–Crippen MR) is 133 cm³/mol. The van der Waals surface area contributed by atoms with Gasteiger partial charge in [0.1, 0.15) is 37.1 Å². The van der Waals surface area contributed by atoms with Crippen molar-refractivity contribution in [3.05, 3.63) is 101 Å². The van der Waals surface area contributed by atoms with E-state index in [1.165, 1.54) is 0 Å². The third-order valence-corrected chi connectivity index (χ3v) is 5.04.